The van der Waals surface area contributed by atoms with Crippen molar-refractivity contribution in [3.63, 3.8) is 0 Å². The molecule has 0 aromatic rings. The Balaban J connectivity index is 2.02. The Labute approximate surface area is 106 Å². The van der Waals surface area contributed by atoms with E-state index < -0.39 is 0 Å². The molecule has 1 saturated carbocycles. The number of hydrogen-bond donors (Lipinski definition) is 2. The molecule has 0 aromatic carbocycles. The van der Waals surface area contributed by atoms with Crippen LogP contribution in [0.25, 0.3) is 0 Å². The van der Waals surface area contributed by atoms with Crippen LogP contribution in [0.1, 0.15) is 40.5 Å². The van der Waals surface area contributed by atoms with Gasteiger partial charge in [-0.3, -0.25) is 0 Å². The van der Waals surface area contributed by atoms with Crippen LogP contribution in [0.15, 0.2) is 0 Å². The van der Waals surface area contributed by atoms with Gasteiger partial charge in [0.2, 0.25) is 0 Å². The molecule has 1 atom stereocenters. The Hall–Kier alpha value is -0.120. The second-order valence-electron chi connectivity index (χ2n) is 6.23. The Morgan fingerprint density at radius 3 is 2.29 bits per heavy atom. The Bertz CT molecular complexity index is 212. The molecule has 1 fully saturated rings. The fourth-order valence-electron chi connectivity index (χ4n) is 2.11. The van der Waals surface area contributed by atoms with Crippen LogP contribution < -0.4 is 5.32 Å². The zero-order valence-electron chi connectivity index (χ0n) is 11.8. The number of ether oxygens (including phenoxy) is 1. The van der Waals surface area contributed by atoms with Crippen molar-refractivity contribution in [3.8, 4) is 0 Å². The molecule has 1 rings (SSSR count). The first-order valence-corrected chi connectivity index (χ1v) is 6.93. The summed E-state index contributed by atoms with van der Waals surface area (Å²) in [5, 5.41) is 13.1. The average Bonchev–Trinajstić information content (AvgIpc) is 2.98. The lowest BCUT2D eigenvalue weighted by molar-refractivity contribution is 0.0254. The monoisotopic (exact) mass is 243 g/mol. The van der Waals surface area contributed by atoms with Crippen molar-refractivity contribution >= 4 is 0 Å². The third-order valence-electron chi connectivity index (χ3n) is 3.74. The van der Waals surface area contributed by atoms with Crippen molar-refractivity contribution < 1.29 is 9.84 Å². The summed E-state index contributed by atoms with van der Waals surface area (Å²) in [6.07, 6.45) is 2.28. The molecule has 1 unspecified atom stereocenters. The largest absolute Gasteiger partial charge is 0.389 e. The van der Waals surface area contributed by atoms with Crippen LogP contribution in [-0.2, 0) is 4.74 Å². The lowest BCUT2D eigenvalue weighted by Crippen LogP contribution is -2.35. The first-order valence-electron chi connectivity index (χ1n) is 6.93. The fraction of sp³-hybridized carbons (Fsp3) is 1.00. The highest BCUT2D eigenvalue weighted by atomic mass is 16.5. The summed E-state index contributed by atoms with van der Waals surface area (Å²) in [5.74, 6) is 1.27. The molecule has 2 N–H and O–H groups in total. The van der Waals surface area contributed by atoms with Crippen LogP contribution >= 0.6 is 0 Å². The van der Waals surface area contributed by atoms with E-state index in [2.05, 4.69) is 33.0 Å². The molecule has 1 aliphatic rings. The third kappa shape index (κ3) is 5.36. The van der Waals surface area contributed by atoms with Crippen molar-refractivity contribution in [1.82, 2.24) is 5.32 Å². The van der Waals surface area contributed by atoms with E-state index in [-0.39, 0.29) is 6.10 Å². The van der Waals surface area contributed by atoms with Gasteiger partial charge in [0.05, 0.1) is 12.7 Å². The molecular weight excluding hydrogens is 214 g/mol. The van der Waals surface area contributed by atoms with Crippen LogP contribution in [0.5, 0.6) is 0 Å². The van der Waals surface area contributed by atoms with Gasteiger partial charge in [-0.05, 0) is 30.1 Å². The fourth-order valence-corrected chi connectivity index (χ4v) is 2.11. The highest BCUT2D eigenvalue weighted by Gasteiger charge is 2.44. The van der Waals surface area contributed by atoms with Gasteiger partial charge in [0.1, 0.15) is 0 Å². The first-order chi connectivity index (χ1) is 7.96. The van der Waals surface area contributed by atoms with E-state index in [1.54, 1.807) is 0 Å². The van der Waals surface area contributed by atoms with E-state index in [0.29, 0.717) is 24.5 Å². The van der Waals surface area contributed by atoms with Gasteiger partial charge in [-0.25, -0.2) is 0 Å². The minimum atomic E-state index is -0.378. The highest BCUT2D eigenvalue weighted by Crippen LogP contribution is 2.51. The summed E-state index contributed by atoms with van der Waals surface area (Å²) in [6, 6.07) is 0. The highest BCUT2D eigenvalue weighted by molar-refractivity contribution is 4.97. The van der Waals surface area contributed by atoms with Gasteiger partial charge in [0, 0.05) is 19.7 Å². The predicted molar refractivity (Wildman–Crippen MR) is 71.0 cm³/mol. The molecule has 0 aliphatic heterocycles. The number of rotatable bonds is 9. The second-order valence-corrected chi connectivity index (χ2v) is 6.23. The molecule has 17 heavy (non-hydrogen) atoms. The first kappa shape index (κ1) is 14.9. The number of aliphatic hydroxyl groups is 1. The zero-order valence-corrected chi connectivity index (χ0v) is 11.8. The van der Waals surface area contributed by atoms with E-state index >= 15 is 0 Å². The standard InChI is InChI=1S/C14H29NO2/c1-11(2)8-17-9-13(16)7-15-10-14(5-6-14)12(3)4/h11-13,15-16H,5-10H2,1-4H3. The molecule has 0 spiro atoms. The summed E-state index contributed by atoms with van der Waals surface area (Å²) < 4.78 is 5.41. The molecule has 0 saturated heterocycles. The number of aliphatic hydroxyl groups excluding tert-OH is 1. The van der Waals surface area contributed by atoms with E-state index in [1.165, 1.54) is 12.8 Å². The van der Waals surface area contributed by atoms with Crippen molar-refractivity contribution in [2.24, 2.45) is 17.3 Å². The van der Waals surface area contributed by atoms with E-state index in [9.17, 15) is 5.11 Å². The van der Waals surface area contributed by atoms with Crippen LogP contribution in [-0.4, -0.2) is 37.5 Å². The molecule has 0 bridgehead atoms. The molecule has 0 amide bonds. The van der Waals surface area contributed by atoms with Gasteiger partial charge in [0.15, 0.2) is 0 Å². The molecule has 0 aromatic heterocycles. The maximum Gasteiger partial charge on any atom is 0.0897 e. The number of nitrogens with one attached hydrogen (secondary N) is 1. The van der Waals surface area contributed by atoms with E-state index in [0.717, 1.165) is 19.1 Å². The molecular formula is C14H29NO2. The average molecular weight is 243 g/mol. The molecule has 0 heterocycles. The van der Waals surface area contributed by atoms with Crippen molar-refractivity contribution in [3.05, 3.63) is 0 Å². The van der Waals surface area contributed by atoms with Crippen molar-refractivity contribution in [2.75, 3.05) is 26.3 Å². The number of hydrogen-bond acceptors (Lipinski definition) is 3. The summed E-state index contributed by atoms with van der Waals surface area (Å²) in [7, 11) is 0. The lowest BCUT2D eigenvalue weighted by Gasteiger charge is -2.21. The molecule has 102 valence electrons. The summed E-state index contributed by atoms with van der Waals surface area (Å²) in [6.45, 7) is 11.7. The van der Waals surface area contributed by atoms with Gasteiger partial charge in [-0.1, -0.05) is 27.7 Å². The van der Waals surface area contributed by atoms with Crippen LogP contribution in [0.3, 0.4) is 0 Å². The minimum Gasteiger partial charge on any atom is -0.389 e. The molecule has 0 radical (unpaired) electrons. The predicted octanol–water partition coefficient (Wildman–Crippen LogP) is 2.05. The summed E-state index contributed by atoms with van der Waals surface area (Å²) >= 11 is 0. The second kappa shape index (κ2) is 6.72. The van der Waals surface area contributed by atoms with Crippen LogP contribution in [0.4, 0.5) is 0 Å². The van der Waals surface area contributed by atoms with Gasteiger partial charge in [-0.15, -0.1) is 0 Å². The van der Waals surface area contributed by atoms with Gasteiger partial charge in [0.25, 0.3) is 0 Å². The Morgan fingerprint density at radius 1 is 1.18 bits per heavy atom. The van der Waals surface area contributed by atoms with Crippen molar-refractivity contribution in [1.29, 1.82) is 0 Å². The third-order valence-corrected chi connectivity index (χ3v) is 3.74. The SMILES string of the molecule is CC(C)COCC(O)CNCC1(C(C)C)CC1. The zero-order chi connectivity index (χ0) is 12.9. The normalized spacial score (nSPS) is 19.9. The van der Waals surface area contributed by atoms with E-state index in [4.69, 9.17) is 4.74 Å². The lowest BCUT2D eigenvalue weighted by atomic mass is 9.92. The van der Waals surface area contributed by atoms with Crippen LogP contribution in [0.2, 0.25) is 0 Å². The van der Waals surface area contributed by atoms with Gasteiger partial charge < -0.3 is 15.2 Å². The molecule has 1 aliphatic carbocycles. The Kier molecular flexibility index (Phi) is 5.90. The van der Waals surface area contributed by atoms with Gasteiger partial charge >= 0.3 is 0 Å². The Morgan fingerprint density at radius 2 is 1.82 bits per heavy atom. The smallest absolute Gasteiger partial charge is 0.0897 e. The maximum absolute atomic E-state index is 9.73. The molecule has 3 nitrogen and oxygen atoms in total. The quantitative estimate of drug-likeness (QED) is 0.651. The topological polar surface area (TPSA) is 41.5 Å². The van der Waals surface area contributed by atoms with Crippen LogP contribution in [0, 0.1) is 17.3 Å². The maximum atomic E-state index is 9.73. The van der Waals surface area contributed by atoms with Gasteiger partial charge in [-0.2, -0.15) is 0 Å². The summed E-state index contributed by atoms with van der Waals surface area (Å²) in [4.78, 5) is 0. The van der Waals surface area contributed by atoms with E-state index in [1.807, 2.05) is 0 Å². The minimum absolute atomic E-state index is 0.378. The van der Waals surface area contributed by atoms with Crippen molar-refractivity contribution in [2.45, 2.75) is 46.6 Å². The summed E-state index contributed by atoms with van der Waals surface area (Å²) in [5.41, 5.74) is 0.512. The molecule has 3 heteroatoms.